The van der Waals surface area contributed by atoms with Crippen LogP contribution in [0.4, 0.5) is 0 Å². The van der Waals surface area contributed by atoms with Crippen LogP contribution in [0.5, 0.6) is 0 Å². The van der Waals surface area contributed by atoms with E-state index < -0.39 is 9.84 Å². The Labute approximate surface area is 98.3 Å². The van der Waals surface area contributed by atoms with E-state index in [0.717, 1.165) is 19.4 Å². The Morgan fingerprint density at radius 2 is 2.12 bits per heavy atom. The largest absolute Gasteiger partial charge is 0.306 e. The van der Waals surface area contributed by atoms with Crippen LogP contribution < -0.4 is 5.32 Å². The number of nitrogens with zero attached hydrogens (tertiary/aromatic N) is 1. The van der Waals surface area contributed by atoms with Gasteiger partial charge in [0, 0.05) is 24.2 Å². The molecule has 1 N–H and O–H groups in total. The monoisotopic (exact) mass is 246 g/mol. The molecule has 0 bridgehead atoms. The van der Waals surface area contributed by atoms with E-state index in [9.17, 15) is 8.42 Å². The zero-order valence-electron chi connectivity index (χ0n) is 10.4. The van der Waals surface area contributed by atoms with E-state index in [1.54, 1.807) is 0 Å². The van der Waals surface area contributed by atoms with Crippen molar-refractivity contribution in [2.24, 2.45) is 0 Å². The van der Waals surface area contributed by atoms with Crippen LogP contribution in [0.2, 0.25) is 0 Å². The predicted octanol–water partition coefficient (Wildman–Crippen LogP) is 0.246. The second kappa shape index (κ2) is 3.96. The summed E-state index contributed by atoms with van der Waals surface area (Å²) in [5, 5.41) is 3.55. The molecule has 0 aromatic rings. The first-order valence-corrected chi connectivity index (χ1v) is 7.80. The third kappa shape index (κ3) is 2.57. The van der Waals surface area contributed by atoms with E-state index in [4.69, 9.17) is 0 Å². The molecule has 2 aliphatic heterocycles. The zero-order chi connectivity index (χ0) is 12.0. The average molecular weight is 246 g/mol. The number of hydrogen-bond donors (Lipinski definition) is 1. The number of sulfone groups is 1. The van der Waals surface area contributed by atoms with Gasteiger partial charge in [0.15, 0.2) is 9.84 Å². The maximum atomic E-state index is 11.5. The number of likely N-dealkylation sites (tertiary alicyclic amines) is 1. The van der Waals surface area contributed by atoms with Gasteiger partial charge in [-0.3, -0.25) is 0 Å². The predicted molar refractivity (Wildman–Crippen MR) is 65.3 cm³/mol. The Kier molecular flexibility index (Phi) is 3.05. The molecular formula is C11H22N2O2S. The summed E-state index contributed by atoms with van der Waals surface area (Å²) < 4.78 is 23.0. The van der Waals surface area contributed by atoms with E-state index in [0.29, 0.717) is 23.6 Å². The van der Waals surface area contributed by atoms with Gasteiger partial charge in [-0.05, 0) is 33.7 Å². The Morgan fingerprint density at radius 3 is 2.56 bits per heavy atom. The maximum absolute atomic E-state index is 11.5. The lowest BCUT2D eigenvalue weighted by molar-refractivity contribution is 0.311. The molecule has 2 saturated heterocycles. The first-order valence-electron chi connectivity index (χ1n) is 5.98. The van der Waals surface area contributed by atoms with Crippen molar-refractivity contribution >= 4 is 9.84 Å². The molecule has 94 valence electrons. The SMILES string of the molecule is CC1CC(NC2(C)CCS(=O)(=O)C2)CN1C. The molecule has 0 aliphatic carbocycles. The van der Waals surface area contributed by atoms with Crippen molar-refractivity contribution in [2.75, 3.05) is 25.1 Å². The summed E-state index contributed by atoms with van der Waals surface area (Å²) in [6, 6.07) is 1.04. The summed E-state index contributed by atoms with van der Waals surface area (Å²) >= 11 is 0. The molecule has 3 atom stereocenters. The van der Waals surface area contributed by atoms with Crippen LogP contribution in [0.3, 0.4) is 0 Å². The fraction of sp³-hybridized carbons (Fsp3) is 1.00. The fourth-order valence-electron chi connectivity index (χ4n) is 2.92. The van der Waals surface area contributed by atoms with Gasteiger partial charge in [0.2, 0.25) is 0 Å². The van der Waals surface area contributed by atoms with E-state index in [1.807, 2.05) is 6.92 Å². The van der Waals surface area contributed by atoms with Crippen LogP contribution in [-0.4, -0.2) is 56.0 Å². The van der Waals surface area contributed by atoms with Crippen molar-refractivity contribution in [3.63, 3.8) is 0 Å². The maximum Gasteiger partial charge on any atom is 0.152 e. The van der Waals surface area contributed by atoms with Gasteiger partial charge < -0.3 is 10.2 Å². The van der Waals surface area contributed by atoms with Crippen molar-refractivity contribution in [3.05, 3.63) is 0 Å². The van der Waals surface area contributed by atoms with Crippen molar-refractivity contribution in [3.8, 4) is 0 Å². The second-order valence-electron chi connectivity index (χ2n) is 5.77. The molecule has 0 amide bonds. The number of likely N-dealkylation sites (N-methyl/N-ethyl adjacent to an activating group) is 1. The molecule has 2 aliphatic rings. The highest BCUT2D eigenvalue weighted by Gasteiger charge is 2.41. The lowest BCUT2D eigenvalue weighted by Crippen LogP contribution is -2.49. The van der Waals surface area contributed by atoms with Gasteiger partial charge in [0.05, 0.1) is 11.5 Å². The van der Waals surface area contributed by atoms with Crippen LogP contribution in [0.25, 0.3) is 0 Å². The topological polar surface area (TPSA) is 49.4 Å². The summed E-state index contributed by atoms with van der Waals surface area (Å²) in [5.74, 6) is 0.642. The van der Waals surface area contributed by atoms with E-state index in [1.165, 1.54) is 0 Å². The summed E-state index contributed by atoms with van der Waals surface area (Å²) in [6.07, 6.45) is 1.87. The van der Waals surface area contributed by atoms with Crippen LogP contribution in [0.15, 0.2) is 0 Å². The van der Waals surface area contributed by atoms with Crippen molar-refractivity contribution in [2.45, 2.75) is 44.3 Å². The highest BCUT2D eigenvalue weighted by atomic mass is 32.2. The number of nitrogens with one attached hydrogen (secondary N) is 1. The molecule has 2 heterocycles. The minimum absolute atomic E-state index is 0.200. The number of hydrogen-bond acceptors (Lipinski definition) is 4. The van der Waals surface area contributed by atoms with Gasteiger partial charge in [0.1, 0.15) is 0 Å². The Balaban J connectivity index is 1.96. The Morgan fingerprint density at radius 1 is 1.44 bits per heavy atom. The molecule has 5 heteroatoms. The van der Waals surface area contributed by atoms with Crippen molar-refractivity contribution in [1.82, 2.24) is 10.2 Å². The molecule has 0 aromatic heterocycles. The third-order valence-electron chi connectivity index (χ3n) is 3.94. The molecule has 0 saturated carbocycles. The zero-order valence-corrected chi connectivity index (χ0v) is 11.2. The normalized spacial score (nSPS) is 43.9. The quantitative estimate of drug-likeness (QED) is 0.758. The molecule has 0 aromatic carbocycles. The van der Waals surface area contributed by atoms with E-state index in [-0.39, 0.29) is 5.54 Å². The van der Waals surface area contributed by atoms with Gasteiger partial charge in [-0.1, -0.05) is 0 Å². The van der Waals surface area contributed by atoms with Gasteiger partial charge >= 0.3 is 0 Å². The highest BCUT2D eigenvalue weighted by Crippen LogP contribution is 2.26. The van der Waals surface area contributed by atoms with E-state index in [2.05, 4.69) is 24.2 Å². The first kappa shape index (κ1) is 12.3. The summed E-state index contributed by atoms with van der Waals surface area (Å²) in [6.45, 7) is 5.28. The van der Waals surface area contributed by atoms with Crippen LogP contribution in [-0.2, 0) is 9.84 Å². The van der Waals surface area contributed by atoms with E-state index >= 15 is 0 Å². The average Bonchev–Trinajstić information content (AvgIpc) is 2.54. The van der Waals surface area contributed by atoms with Crippen LogP contribution in [0, 0.1) is 0 Å². The lowest BCUT2D eigenvalue weighted by atomic mass is 10.00. The molecule has 0 radical (unpaired) electrons. The molecule has 16 heavy (non-hydrogen) atoms. The smallest absolute Gasteiger partial charge is 0.152 e. The standard InChI is InChI=1S/C11H22N2O2S/c1-9-6-10(7-13(9)3)12-11(2)4-5-16(14,15)8-11/h9-10,12H,4-8H2,1-3H3. The highest BCUT2D eigenvalue weighted by molar-refractivity contribution is 7.91. The molecule has 4 nitrogen and oxygen atoms in total. The van der Waals surface area contributed by atoms with Gasteiger partial charge in [-0.15, -0.1) is 0 Å². The van der Waals surface area contributed by atoms with Crippen molar-refractivity contribution in [1.29, 1.82) is 0 Å². The molecule has 2 rings (SSSR count). The van der Waals surface area contributed by atoms with Gasteiger partial charge in [-0.25, -0.2) is 8.42 Å². The first-order chi connectivity index (χ1) is 7.30. The molecule has 2 fully saturated rings. The molecular weight excluding hydrogens is 224 g/mol. The Bertz CT molecular complexity index is 358. The van der Waals surface area contributed by atoms with Crippen LogP contribution >= 0.6 is 0 Å². The minimum atomic E-state index is -2.80. The van der Waals surface area contributed by atoms with Crippen molar-refractivity contribution < 1.29 is 8.42 Å². The summed E-state index contributed by atoms with van der Waals surface area (Å²) in [5.41, 5.74) is -0.200. The second-order valence-corrected chi connectivity index (χ2v) is 7.95. The van der Waals surface area contributed by atoms with Gasteiger partial charge in [0.25, 0.3) is 0 Å². The number of rotatable bonds is 2. The lowest BCUT2D eigenvalue weighted by Gasteiger charge is -2.28. The fourth-order valence-corrected chi connectivity index (χ4v) is 5.02. The Hall–Kier alpha value is -0.130. The van der Waals surface area contributed by atoms with Gasteiger partial charge in [-0.2, -0.15) is 0 Å². The van der Waals surface area contributed by atoms with Crippen LogP contribution in [0.1, 0.15) is 26.7 Å². The summed E-state index contributed by atoms with van der Waals surface area (Å²) in [7, 11) is -0.674. The third-order valence-corrected chi connectivity index (χ3v) is 5.85. The minimum Gasteiger partial charge on any atom is -0.306 e. The molecule has 3 unspecified atom stereocenters. The summed E-state index contributed by atoms with van der Waals surface area (Å²) in [4.78, 5) is 2.32. The molecule has 0 spiro atoms.